The number of nitrogens with zero attached hydrogens (tertiary/aromatic N) is 1. The summed E-state index contributed by atoms with van der Waals surface area (Å²) in [4.78, 5) is 35.2. The summed E-state index contributed by atoms with van der Waals surface area (Å²) in [6.07, 6.45) is 0. The zero-order chi connectivity index (χ0) is 16.2. The quantitative estimate of drug-likeness (QED) is 0.829. The number of benzene rings is 1. The maximum absolute atomic E-state index is 12.9. The largest absolute Gasteiger partial charge is 0.481 e. The number of carbonyl (C=O) groups excluding carboxylic acids is 1. The van der Waals surface area contributed by atoms with Crippen LogP contribution in [0.3, 0.4) is 0 Å². The van der Waals surface area contributed by atoms with Gasteiger partial charge in [-0.2, -0.15) is 0 Å². The number of carboxylic acid groups (broad SMARTS) is 2. The number of hydrogen-bond acceptors (Lipinski definition) is 3. The van der Waals surface area contributed by atoms with Gasteiger partial charge in [0.2, 0.25) is 0 Å². The fourth-order valence-corrected chi connectivity index (χ4v) is 1.68. The van der Waals surface area contributed by atoms with E-state index in [0.717, 1.165) is 17.0 Å². The summed E-state index contributed by atoms with van der Waals surface area (Å²) < 4.78 is 12.9. The molecule has 2 atom stereocenters. The molecule has 0 spiro atoms. The number of halogens is 1. The van der Waals surface area contributed by atoms with Gasteiger partial charge in [0.05, 0.1) is 5.92 Å². The van der Waals surface area contributed by atoms with Crippen LogP contribution < -0.4 is 0 Å². The third-order valence-electron chi connectivity index (χ3n) is 3.07. The van der Waals surface area contributed by atoms with Crippen LogP contribution in [0, 0.1) is 11.7 Å². The van der Waals surface area contributed by atoms with E-state index in [1.807, 2.05) is 0 Å². The Morgan fingerprint density at radius 1 is 1.10 bits per heavy atom. The lowest BCUT2D eigenvalue weighted by atomic mass is 10.1. The maximum Gasteiger partial charge on any atom is 0.326 e. The normalized spacial score (nSPS) is 13.3. The van der Waals surface area contributed by atoms with E-state index >= 15 is 0 Å². The molecular formula is C14H16FNO5. The fraction of sp³-hybridized carbons (Fsp3) is 0.357. The highest BCUT2D eigenvalue weighted by atomic mass is 19.1. The van der Waals surface area contributed by atoms with E-state index in [9.17, 15) is 18.8 Å². The fourth-order valence-electron chi connectivity index (χ4n) is 1.68. The Kier molecular flexibility index (Phi) is 5.40. The SMILES string of the molecule is CC(CN(C(=O)c1ccc(F)cc1)C(C)C(=O)O)C(=O)O. The summed E-state index contributed by atoms with van der Waals surface area (Å²) in [5.41, 5.74) is 0.0992. The lowest BCUT2D eigenvalue weighted by molar-refractivity contribution is -0.145. The summed E-state index contributed by atoms with van der Waals surface area (Å²) in [6, 6.07) is 3.42. The second-order valence-electron chi connectivity index (χ2n) is 4.72. The topological polar surface area (TPSA) is 94.9 Å². The van der Waals surface area contributed by atoms with Crippen molar-refractivity contribution in [3.05, 3.63) is 35.6 Å². The second kappa shape index (κ2) is 6.83. The molecule has 6 nitrogen and oxygen atoms in total. The second-order valence-corrected chi connectivity index (χ2v) is 4.72. The molecule has 0 aliphatic rings. The number of amides is 1. The lowest BCUT2D eigenvalue weighted by Gasteiger charge is -2.28. The molecule has 114 valence electrons. The third-order valence-corrected chi connectivity index (χ3v) is 3.07. The predicted octanol–water partition coefficient (Wildman–Crippen LogP) is 1.46. The molecular weight excluding hydrogens is 281 g/mol. The van der Waals surface area contributed by atoms with Crippen LogP contribution in [-0.2, 0) is 9.59 Å². The maximum atomic E-state index is 12.9. The first-order chi connectivity index (χ1) is 9.73. The zero-order valence-corrected chi connectivity index (χ0v) is 11.6. The average molecular weight is 297 g/mol. The highest BCUT2D eigenvalue weighted by molar-refractivity contribution is 5.96. The summed E-state index contributed by atoms with van der Waals surface area (Å²) in [6.45, 7) is 2.42. The molecule has 2 unspecified atom stereocenters. The van der Waals surface area contributed by atoms with Crippen molar-refractivity contribution in [2.75, 3.05) is 6.54 Å². The zero-order valence-electron chi connectivity index (χ0n) is 11.6. The highest BCUT2D eigenvalue weighted by Gasteiger charge is 2.29. The molecule has 2 N–H and O–H groups in total. The Bertz CT molecular complexity index is 543. The minimum atomic E-state index is -1.25. The molecule has 1 aromatic rings. The van der Waals surface area contributed by atoms with Gasteiger partial charge >= 0.3 is 11.9 Å². The Balaban J connectivity index is 3.05. The first-order valence-electron chi connectivity index (χ1n) is 6.26. The summed E-state index contributed by atoms with van der Waals surface area (Å²) in [5.74, 6) is -4.48. The molecule has 0 aliphatic heterocycles. The molecule has 0 aromatic heterocycles. The average Bonchev–Trinajstić information content (AvgIpc) is 2.43. The standard InChI is InChI=1S/C14H16FNO5/c1-8(13(18)19)7-16(9(2)14(20)21)12(17)10-3-5-11(15)6-4-10/h3-6,8-9H,7H2,1-2H3,(H,18,19)(H,20,21). The van der Waals surface area contributed by atoms with Crippen molar-refractivity contribution in [2.45, 2.75) is 19.9 Å². The van der Waals surface area contributed by atoms with Gasteiger partial charge in [0.1, 0.15) is 11.9 Å². The number of aliphatic carboxylic acids is 2. The molecule has 0 fully saturated rings. The Labute approximate surface area is 120 Å². The van der Waals surface area contributed by atoms with Gasteiger partial charge < -0.3 is 15.1 Å². The van der Waals surface area contributed by atoms with Gasteiger partial charge in [-0.1, -0.05) is 6.92 Å². The molecule has 0 heterocycles. The van der Waals surface area contributed by atoms with E-state index < -0.39 is 35.6 Å². The minimum Gasteiger partial charge on any atom is -0.481 e. The van der Waals surface area contributed by atoms with Gasteiger partial charge in [-0.15, -0.1) is 0 Å². The summed E-state index contributed by atoms with van der Waals surface area (Å²) >= 11 is 0. The van der Waals surface area contributed by atoms with E-state index in [4.69, 9.17) is 10.2 Å². The van der Waals surface area contributed by atoms with Crippen LogP contribution in [0.25, 0.3) is 0 Å². The van der Waals surface area contributed by atoms with E-state index in [1.54, 1.807) is 0 Å². The molecule has 0 bridgehead atoms. The van der Waals surface area contributed by atoms with Crippen LogP contribution in [0.2, 0.25) is 0 Å². The van der Waals surface area contributed by atoms with E-state index in [1.165, 1.54) is 26.0 Å². The Morgan fingerprint density at radius 2 is 1.62 bits per heavy atom. The van der Waals surface area contributed by atoms with Crippen molar-refractivity contribution in [2.24, 2.45) is 5.92 Å². The van der Waals surface area contributed by atoms with Crippen molar-refractivity contribution in [1.29, 1.82) is 0 Å². The van der Waals surface area contributed by atoms with Gasteiger partial charge in [0.15, 0.2) is 0 Å². The molecule has 1 rings (SSSR count). The number of rotatable bonds is 6. The Morgan fingerprint density at radius 3 is 2.05 bits per heavy atom. The molecule has 0 saturated heterocycles. The highest BCUT2D eigenvalue weighted by Crippen LogP contribution is 2.13. The molecule has 1 aromatic carbocycles. The van der Waals surface area contributed by atoms with Crippen molar-refractivity contribution in [3.63, 3.8) is 0 Å². The van der Waals surface area contributed by atoms with Gasteiger partial charge in [-0.25, -0.2) is 9.18 Å². The van der Waals surface area contributed by atoms with E-state index in [-0.39, 0.29) is 12.1 Å². The van der Waals surface area contributed by atoms with Crippen LogP contribution in [-0.4, -0.2) is 45.5 Å². The Hall–Kier alpha value is -2.44. The predicted molar refractivity (Wildman–Crippen MR) is 71.3 cm³/mol. The number of carboxylic acids is 2. The summed E-state index contributed by atoms with van der Waals surface area (Å²) in [7, 11) is 0. The van der Waals surface area contributed by atoms with Gasteiger partial charge in [0, 0.05) is 12.1 Å². The lowest BCUT2D eigenvalue weighted by Crippen LogP contribution is -2.46. The number of carbonyl (C=O) groups is 3. The minimum absolute atomic E-state index is 0.0992. The van der Waals surface area contributed by atoms with E-state index in [2.05, 4.69) is 0 Å². The van der Waals surface area contributed by atoms with Gasteiger partial charge in [-0.3, -0.25) is 9.59 Å². The first kappa shape index (κ1) is 16.6. The van der Waals surface area contributed by atoms with Crippen LogP contribution >= 0.6 is 0 Å². The molecule has 0 saturated carbocycles. The molecule has 21 heavy (non-hydrogen) atoms. The first-order valence-corrected chi connectivity index (χ1v) is 6.26. The van der Waals surface area contributed by atoms with Crippen LogP contribution in [0.4, 0.5) is 4.39 Å². The van der Waals surface area contributed by atoms with Crippen molar-refractivity contribution in [1.82, 2.24) is 4.90 Å². The van der Waals surface area contributed by atoms with Crippen molar-refractivity contribution < 1.29 is 29.0 Å². The van der Waals surface area contributed by atoms with Gasteiger partial charge in [-0.05, 0) is 31.2 Å². The molecule has 1 amide bonds. The molecule has 0 aliphatic carbocycles. The van der Waals surface area contributed by atoms with Gasteiger partial charge in [0.25, 0.3) is 5.91 Å². The molecule has 0 radical (unpaired) electrons. The van der Waals surface area contributed by atoms with Crippen LogP contribution in [0.15, 0.2) is 24.3 Å². The van der Waals surface area contributed by atoms with Crippen LogP contribution in [0.1, 0.15) is 24.2 Å². The van der Waals surface area contributed by atoms with Crippen molar-refractivity contribution >= 4 is 17.8 Å². The molecule has 7 heteroatoms. The summed E-state index contributed by atoms with van der Waals surface area (Å²) in [5, 5.41) is 17.9. The third kappa shape index (κ3) is 4.27. The van der Waals surface area contributed by atoms with Crippen LogP contribution in [0.5, 0.6) is 0 Å². The van der Waals surface area contributed by atoms with E-state index in [0.29, 0.717) is 0 Å². The number of hydrogen-bond donors (Lipinski definition) is 2. The smallest absolute Gasteiger partial charge is 0.326 e. The monoisotopic (exact) mass is 297 g/mol. The van der Waals surface area contributed by atoms with Crippen molar-refractivity contribution in [3.8, 4) is 0 Å².